The van der Waals surface area contributed by atoms with E-state index in [0.29, 0.717) is 17.9 Å². The molecule has 1 rings (SSSR count). The highest BCUT2D eigenvalue weighted by Gasteiger charge is 2.10. The SMILES string of the molecule is CCOc1cc(C(O)CC#N)ccc1O. The molecule has 2 N–H and O–H groups in total. The number of ether oxygens (including phenoxy) is 1. The van der Waals surface area contributed by atoms with Gasteiger partial charge in [0.25, 0.3) is 0 Å². The fourth-order valence-corrected chi connectivity index (χ4v) is 1.21. The molecule has 1 aromatic carbocycles. The largest absolute Gasteiger partial charge is 0.504 e. The Kier molecular flexibility index (Phi) is 3.95. The quantitative estimate of drug-likeness (QED) is 0.788. The molecule has 0 fully saturated rings. The maximum atomic E-state index is 9.54. The summed E-state index contributed by atoms with van der Waals surface area (Å²) >= 11 is 0. The van der Waals surface area contributed by atoms with E-state index in [1.807, 2.05) is 6.07 Å². The molecule has 0 spiro atoms. The highest BCUT2D eigenvalue weighted by molar-refractivity contribution is 5.42. The predicted octanol–water partition coefficient (Wildman–Crippen LogP) is 1.74. The first-order valence-electron chi connectivity index (χ1n) is 4.69. The third-order valence-corrected chi connectivity index (χ3v) is 1.95. The molecule has 0 amide bonds. The van der Waals surface area contributed by atoms with Gasteiger partial charge in [0.15, 0.2) is 11.5 Å². The number of phenolic OH excluding ortho intramolecular Hbond substituents is 1. The van der Waals surface area contributed by atoms with E-state index < -0.39 is 6.10 Å². The van der Waals surface area contributed by atoms with Gasteiger partial charge in [0.2, 0.25) is 0 Å². The number of nitriles is 1. The fourth-order valence-electron chi connectivity index (χ4n) is 1.21. The molecule has 0 heterocycles. The molecule has 0 aliphatic rings. The van der Waals surface area contributed by atoms with Crippen LogP contribution in [-0.2, 0) is 0 Å². The van der Waals surface area contributed by atoms with Crippen LogP contribution in [0, 0.1) is 11.3 Å². The van der Waals surface area contributed by atoms with Gasteiger partial charge in [-0.2, -0.15) is 5.26 Å². The highest BCUT2D eigenvalue weighted by Crippen LogP contribution is 2.30. The smallest absolute Gasteiger partial charge is 0.161 e. The lowest BCUT2D eigenvalue weighted by Gasteiger charge is -2.10. The topological polar surface area (TPSA) is 73.5 Å². The van der Waals surface area contributed by atoms with Crippen LogP contribution in [0.15, 0.2) is 18.2 Å². The van der Waals surface area contributed by atoms with Crippen molar-refractivity contribution in [1.29, 1.82) is 5.26 Å². The molecule has 1 atom stereocenters. The minimum absolute atomic E-state index is 0.0241. The van der Waals surface area contributed by atoms with E-state index in [9.17, 15) is 10.2 Å². The van der Waals surface area contributed by atoms with Crippen molar-refractivity contribution in [3.8, 4) is 17.6 Å². The summed E-state index contributed by atoms with van der Waals surface area (Å²) < 4.78 is 5.16. The molecule has 4 nitrogen and oxygen atoms in total. The van der Waals surface area contributed by atoms with Gasteiger partial charge in [-0.1, -0.05) is 6.07 Å². The van der Waals surface area contributed by atoms with Crippen molar-refractivity contribution >= 4 is 0 Å². The minimum atomic E-state index is -0.838. The lowest BCUT2D eigenvalue weighted by molar-refractivity contribution is 0.182. The number of phenols is 1. The summed E-state index contributed by atoms with van der Waals surface area (Å²) in [6, 6.07) is 6.44. The number of aliphatic hydroxyl groups is 1. The van der Waals surface area contributed by atoms with Crippen LogP contribution in [-0.4, -0.2) is 16.8 Å². The zero-order chi connectivity index (χ0) is 11.3. The van der Waals surface area contributed by atoms with Crippen LogP contribution in [0.25, 0.3) is 0 Å². The van der Waals surface area contributed by atoms with Gasteiger partial charge in [-0.25, -0.2) is 0 Å². The van der Waals surface area contributed by atoms with E-state index in [1.54, 1.807) is 19.1 Å². The molecular weight excluding hydrogens is 194 g/mol. The molecule has 0 saturated heterocycles. The van der Waals surface area contributed by atoms with Crippen molar-refractivity contribution in [1.82, 2.24) is 0 Å². The molecule has 1 aromatic rings. The van der Waals surface area contributed by atoms with Crippen LogP contribution in [0.5, 0.6) is 11.5 Å². The molecule has 0 saturated carbocycles. The summed E-state index contributed by atoms with van der Waals surface area (Å²) in [7, 11) is 0. The number of hydrogen-bond acceptors (Lipinski definition) is 4. The number of benzene rings is 1. The van der Waals surface area contributed by atoms with Crippen LogP contribution < -0.4 is 4.74 Å². The molecule has 0 aliphatic heterocycles. The van der Waals surface area contributed by atoms with Crippen molar-refractivity contribution < 1.29 is 14.9 Å². The predicted molar refractivity (Wildman–Crippen MR) is 54.5 cm³/mol. The summed E-state index contributed by atoms with van der Waals surface area (Å²) in [5, 5.41) is 27.4. The molecule has 80 valence electrons. The van der Waals surface area contributed by atoms with Gasteiger partial charge in [0.1, 0.15) is 0 Å². The van der Waals surface area contributed by atoms with Crippen LogP contribution in [0.2, 0.25) is 0 Å². The molecule has 1 unspecified atom stereocenters. The second-order valence-electron chi connectivity index (χ2n) is 3.04. The van der Waals surface area contributed by atoms with Crippen LogP contribution in [0.3, 0.4) is 0 Å². The second kappa shape index (κ2) is 5.23. The summed E-state index contributed by atoms with van der Waals surface area (Å²) in [5.74, 6) is 0.358. The van der Waals surface area contributed by atoms with Crippen LogP contribution >= 0.6 is 0 Å². The molecule has 0 radical (unpaired) electrons. The number of hydrogen-bond donors (Lipinski definition) is 2. The molecular formula is C11H13NO3. The van der Waals surface area contributed by atoms with Gasteiger partial charge in [0, 0.05) is 0 Å². The summed E-state index contributed by atoms with van der Waals surface area (Å²) in [4.78, 5) is 0. The van der Waals surface area contributed by atoms with Crippen molar-refractivity contribution in [2.75, 3.05) is 6.61 Å². The lowest BCUT2D eigenvalue weighted by atomic mass is 10.1. The Bertz CT molecular complexity index is 371. The van der Waals surface area contributed by atoms with Crippen LogP contribution in [0.4, 0.5) is 0 Å². The first kappa shape index (κ1) is 11.3. The van der Waals surface area contributed by atoms with Gasteiger partial charge in [0.05, 0.1) is 25.2 Å². The number of rotatable bonds is 4. The maximum absolute atomic E-state index is 9.54. The second-order valence-corrected chi connectivity index (χ2v) is 3.04. The van der Waals surface area contributed by atoms with Crippen molar-refractivity contribution in [2.24, 2.45) is 0 Å². The van der Waals surface area contributed by atoms with Gasteiger partial charge in [-0.3, -0.25) is 0 Å². The Balaban J connectivity index is 2.92. The third kappa shape index (κ3) is 2.86. The van der Waals surface area contributed by atoms with E-state index in [4.69, 9.17) is 10.00 Å². The molecule has 15 heavy (non-hydrogen) atoms. The Morgan fingerprint density at radius 2 is 2.27 bits per heavy atom. The molecule has 4 heteroatoms. The minimum Gasteiger partial charge on any atom is -0.504 e. The van der Waals surface area contributed by atoms with Crippen molar-refractivity contribution in [3.05, 3.63) is 23.8 Å². The highest BCUT2D eigenvalue weighted by atomic mass is 16.5. The van der Waals surface area contributed by atoms with Gasteiger partial charge >= 0.3 is 0 Å². The Hall–Kier alpha value is -1.73. The summed E-state index contributed by atoms with van der Waals surface area (Å²) in [6.07, 6.45) is -0.814. The number of aromatic hydroxyl groups is 1. The van der Waals surface area contributed by atoms with Crippen LogP contribution in [0.1, 0.15) is 25.0 Å². The molecule has 0 aliphatic carbocycles. The van der Waals surface area contributed by atoms with Crippen molar-refractivity contribution in [2.45, 2.75) is 19.4 Å². The average Bonchev–Trinajstić information content (AvgIpc) is 2.22. The Labute approximate surface area is 88.4 Å². The van der Waals surface area contributed by atoms with Gasteiger partial charge < -0.3 is 14.9 Å². The van der Waals surface area contributed by atoms with E-state index in [-0.39, 0.29) is 12.2 Å². The van der Waals surface area contributed by atoms with Gasteiger partial charge in [-0.05, 0) is 24.6 Å². The molecule has 0 bridgehead atoms. The monoisotopic (exact) mass is 207 g/mol. The first-order chi connectivity index (χ1) is 7.19. The van der Waals surface area contributed by atoms with E-state index in [0.717, 1.165) is 0 Å². The van der Waals surface area contributed by atoms with Crippen molar-refractivity contribution in [3.63, 3.8) is 0 Å². The maximum Gasteiger partial charge on any atom is 0.161 e. The summed E-state index contributed by atoms with van der Waals surface area (Å²) in [6.45, 7) is 2.24. The van der Waals surface area contributed by atoms with Gasteiger partial charge in [-0.15, -0.1) is 0 Å². The zero-order valence-corrected chi connectivity index (χ0v) is 8.47. The number of aliphatic hydroxyl groups excluding tert-OH is 1. The third-order valence-electron chi connectivity index (χ3n) is 1.95. The fraction of sp³-hybridized carbons (Fsp3) is 0.364. The normalized spacial score (nSPS) is 11.8. The van der Waals surface area contributed by atoms with E-state index >= 15 is 0 Å². The molecule has 0 aromatic heterocycles. The zero-order valence-electron chi connectivity index (χ0n) is 8.47. The van der Waals surface area contributed by atoms with E-state index in [2.05, 4.69) is 0 Å². The Morgan fingerprint density at radius 3 is 2.87 bits per heavy atom. The summed E-state index contributed by atoms with van der Waals surface area (Å²) in [5.41, 5.74) is 0.567. The van der Waals surface area contributed by atoms with E-state index in [1.165, 1.54) is 6.07 Å². The Morgan fingerprint density at radius 1 is 1.53 bits per heavy atom. The number of nitrogens with zero attached hydrogens (tertiary/aromatic N) is 1. The lowest BCUT2D eigenvalue weighted by Crippen LogP contribution is -1.98. The first-order valence-corrected chi connectivity index (χ1v) is 4.69. The standard InChI is InChI=1S/C11H13NO3/c1-2-15-11-7-8(3-4-10(11)14)9(13)5-6-12/h3-4,7,9,13-14H,2,5H2,1H3. The average molecular weight is 207 g/mol.